The number of amides is 1. The second-order valence-corrected chi connectivity index (χ2v) is 7.17. The van der Waals surface area contributed by atoms with Crippen molar-refractivity contribution in [3.05, 3.63) is 46.2 Å². The van der Waals surface area contributed by atoms with Crippen LogP contribution in [0.5, 0.6) is 0 Å². The monoisotopic (exact) mass is 330 g/mol. The smallest absolute Gasteiger partial charge is 0.265 e. The van der Waals surface area contributed by atoms with E-state index < -0.39 is 0 Å². The van der Waals surface area contributed by atoms with Gasteiger partial charge in [-0.1, -0.05) is 12.5 Å². The molecule has 1 fully saturated rings. The van der Waals surface area contributed by atoms with Crippen molar-refractivity contribution >= 4 is 17.2 Å². The molecule has 2 aromatic rings. The van der Waals surface area contributed by atoms with Gasteiger partial charge in [-0.25, -0.2) is 4.98 Å². The summed E-state index contributed by atoms with van der Waals surface area (Å²) in [5.41, 5.74) is 1.22. The highest BCUT2D eigenvalue weighted by molar-refractivity contribution is 7.13. The lowest BCUT2D eigenvalue weighted by Crippen LogP contribution is -2.32. The maximum atomic E-state index is 12.1. The van der Waals surface area contributed by atoms with Gasteiger partial charge in [0, 0.05) is 33.0 Å². The van der Waals surface area contributed by atoms with Crippen LogP contribution in [-0.4, -0.2) is 46.3 Å². The number of nitrogens with zero attached hydrogens (tertiary/aromatic N) is 4. The Morgan fingerprint density at radius 3 is 3.00 bits per heavy atom. The van der Waals surface area contributed by atoms with Gasteiger partial charge in [-0.15, -0.1) is 11.3 Å². The molecule has 2 aromatic heterocycles. The summed E-state index contributed by atoms with van der Waals surface area (Å²) in [6.07, 6.45) is 8.98. The molecule has 0 saturated carbocycles. The second kappa shape index (κ2) is 7.19. The molecule has 122 valence electrons. The Balaban J connectivity index is 1.77. The molecule has 3 rings (SSSR count). The Labute approximate surface area is 141 Å². The van der Waals surface area contributed by atoms with E-state index in [0.717, 1.165) is 29.4 Å². The van der Waals surface area contributed by atoms with Crippen LogP contribution in [0.2, 0.25) is 0 Å². The van der Waals surface area contributed by atoms with Gasteiger partial charge in [-0.2, -0.15) is 0 Å². The van der Waals surface area contributed by atoms with Gasteiger partial charge >= 0.3 is 0 Å². The lowest BCUT2D eigenvalue weighted by Gasteiger charge is -2.34. The Morgan fingerprint density at radius 1 is 1.39 bits per heavy atom. The minimum absolute atomic E-state index is 0.0309. The lowest BCUT2D eigenvalue weighted by molar-refractivity contribution is 0.0832. The van der Waals surface area contributed by atoms with Crippen LogP contribution in [0.1, 0.15) is 45.5 Å². The Hall–Kier alpha value is -1.79. The van der Waals surface area contributed by atoms with Crippen LogP contribution in [0.25, 0.3) is 0 Å². The number of aromatic nitrogens is 2. The first kappa shape index (κ1) is 16.1. The predicted molar refractivity (Wildman–Crippen MR) is 91.4 cm³/mol. The first-order valence-electron chi connectivity index (χ1n) is 7.95. The average molecular weight is 330 g/mol. The molecular weight excluding hydrogens is 308 g/mol. The van der Waals surface area contributed by atoms with Gasteiger partial charge in [0.05, 0.1) is 12.2 Å². The van der Waals surface area contributed by atoms with E-state index in [1.54, 1.807) is 31.4 Å². The molecule has 1 aliphatic heterocycles. The van der Waals surface area contributed by atoms with E-state index in [0.29, 0.717) is 6.04 Å². The predicted octanol–water partition coefficient (Wildman–Crippen LogP) is 2.97. The topological polar surface area (TPSA) is 49.3 Å². The maximum absolute atomic E-state index is 12.1. The molecule has 5 nitrogen and oxygen atoms in total. The highest BCUT2D eigenvalue weighted by Gasteiger charge is 2.27. The highest BCUT2D eigenvalue weighted by Crippen LogP contribution is 2.34. The molecule has 0 radical (unpaired) electrons. The summed E-state index contributed by atoms with van der Waals surface area (Å²) in [7, 11) is 3.55. The van der Waals surface area contributed by atoms with Crippen LogP contribution in [0.3, 0.4) is 0 Å². The molecule has 6 heteroatoms. The minimum atomic E-state index is 0.0309. The quantitative estimate of drug-likeness (QED) is 0.865. The maximum Gasteiger partial charge on any atom is 0.265 e. The molecular formula is C17H22N4OS. The molecule has 0 spiro atoms. The van der Waals surface area contributed by atoms with E-state index in [1.165, 1.54) is 29.7 Å². The van der Waals surface area contributed by atoms with Gasteiger partial charge in [0.1, 0.15) is 9.88 Å². The van der Waals surface area contributed by atoms with Crippen LogP contribution in [0, 0.1) is 0 Å². The first-order valence-corrected chi connectivity index (χ1v) is 8.77. The molecule has 23 heavy (non-hydrogen) atoms. The van der Waals surface area contributed by atoms with Crippen molar-refractivity contribution in [2.45, 2.75) is 31.8 Å². The number of carbonyl (C=O) groups is 1. The van der Waals surface area contributed by atoms with Crippen LogP contribution >= 0.6 is 11.3 Å². The fourth-order valence-corrected chi connectivity index (χ4v) is 4.06. The summed E-state index contributed by atoms with van der Waals surface area (Å²) < 4.78 is 0. The second-order valence-electron chi connectivity index (χ2n) is 6.11. The van der Waals surface area contributed by atoms with Crippen molar-refractivity contribution < 1.29 is 4.79 Å². The molecule has 0 aliphatic carbocycles. The van der Waals surface area contributed by atoms with Crippen molar-refractivity contribution in [1.29, 1.82) is 0 Å². The minimum Gasteiger partial charge on any atom is -0.344 e. The summed E-state index contributed by atoms with van der Waals surface area (Å²) >= 11 is 1.53. The zero-order valence-corrected chi connectivity index (χ0v) is 14.4. The molecule has 0 aromatic carbocycles. The van der Waals surface area contributed by atoms with E-state index in [4.69, 9.17) is 0 Å². The average Bonchev–Trinajstić information content (AvgIpc) is 3.05. The molecule has 1 atom stereocenters. The zero-order valence-electron chi connectivity index (χ0n) is 13.6. The molecule has 1 amide bonds. The summed E-state index contributed by atoms with van der Waals surface area (Å²) in [5.74, 6) is 0.0309. The largest absolute Gasteiger partial charge is 0.344 e. The molecule has 1 saturated heterocycles. The van der Waals surface area contributed by atoms with Crippen LogP contribution in [-0.2, 0) is 6.54 Å². The lowest BCUT2D eigenvalue weighted by atomic mass is 10.0. The number of pyridine rings is 1. The summed E-state index contributed by atoms with van der Waals surface area (Å²) in [5, 5.41) is 1.05. The van der Waals surface area contributed by atoms with Crippen molar-refractivity contribution in [3.63, 3.8) is 0 Å². The molecule has 0 bridgehead atoms. The number of hydrogen-bond donors (Lipinski definition) is 0. The molecule has 3 heterocycles. The van der Waals surface area contributed by atoms with Gasteiger partial charge in [0.25, 0.3) is 5.91 Å². The molecule has 1 aliphatic rings. The number of thiazole rings is 1. The Morgan fingerprint density at radius 2 is 2.26 bits per heavy atom. The van der Waals surface area contributed by atoms with Crippen LogP contribution in [0.4, 0.5) is 0 Å². The fraction of sp³-hybridized carbons (Fsp3) is 0.471. The Bertz CT molecular complexity index is 656. The van der Waals surface area contributed by atoms with Crippen molar-refractivity contribution in [1.82, 2.24) is 19.8 Å². The number of hydrogen-bond acceptors (Lipinski definition) is 5. The van der Waals surface area contributed by atoms with Gasteiger partial charge < -0.3 is 4.90 Å². The van der Waals surface area contributed by atoms with Crippen LogP contribution < -0.4 is 0 Å². The van der Waals surface area contributed by atoms with Crippen LogP contribution in [0.15, 0.2) is 30.7 Å². The molecule has 0 N–H and O–H groups in total. The third-order valence-electron chi connectivity index (χ3n) is 4.15. The molecule has 0 unspecified atom stereocenters. The zero-order chi connectivity index (χ0) is 16.2. The number of likely N-dealkylation sites (tertiary alicyclic amines) is 1. The number of carbonyl (C=O) groups excluding carboxylic acids is 1. The summed E-state index contributed by atoms with van der Waals surface area (Å²) in [6, 6.07) is 4.39. The van der Waals surface area contributed by atoms with Crippen molar-refractivity contribution in [2.75, 3.05) is 20.6 Å². The van der Waals surface area contributed by atoms with Crippen molar-refractivity contribution in [3.8, 4) is 0 Å². The van der Waals surface area contributed by atoms with E-state index in [-0.39, 0.29) is 5.91 Å². The number of rotatable bonds is 4. The standard InChI is InChI=1S/C17H22N4OS/c1-20(2)17(22)15-11-19-16(23-15)14-7-3-4-9-21(14)12-13-6-5-8-18-10-13/h5-6,8,10-11,14H,3-4,7,9,12H2,1-2H3/t14-/m0/s1. The van der Waals surface area contributed by atoms with Gasteiger partial charge in [-0.05, 0) is 31.0 Å². The Kier molecular flexibility index (Phi) is 5.03. The third-order valence-corrected chi connectivity index (χ3v) is 5.23. The fourth-order valence-electron chi connectivity index (χ4n) is 2.95. The normalized spacial score (nSPS) is 18.8. The SMILES string of the molecule is CN(C)C(=O)c1cnc([C@@H]2CCCCN2Cc2cccnc2)s1. The van der Waals surface area contributed by atoms with Gasteiger partial charge in [0.15, 0.2) is 0 Å². The summed E-state index contributed by atoms with van der Waals surface area (Å²) in [4.78, 5) is 25.6. The third kappa shape index (κ3) is 3.76. The van der Waals surface area contributed by atoms with E-state index in [9.17, 15) is 4.79 Å². The van der Waals surface area contributed by atoms with Gasteiger partial charge in [-0.3, -0.25) is 14.7 Å². The summed E-state index contributed by atoms with van der Waals surface area (Å²) in [6.45, 7) is 1.95. The van der Waals surface area contributed by atoms with Crippen molar-refractivity contribution in [2.24, 2.45) is 0 Å². The van der Waals surface area contributed by atoms with E-state index in [2.05, 4.69) is 20.9 Å². The van der Waals surface area contributed by atoms with E-state index >= 15 is 0 Å². The van der Waals surface area contributed by atoms with Gasteiger partial charge in [0.2, 0.25) is 0 Å². The highest BCUT2D eigenvalue weighted by atomic mass is 32.1. The first-order chi connectivity index (χ1) is 11.1. The number of piperidine rings is 1. The van der Waals surface area contributed by atoms with E-state index in [1.807, 2.05) is 12.3 Å².